The van der Waals surface area contributed by atoms with Gasteiger partial charge in [-0.15, -0.1) is 0 Å². The topological polar surface area (TPSA) is 55.6 Å². The van der Waals surface area contributed by atoms with E-state index in [1.807, 2.05) is 4.90 Å². The predicted molar refractivity (Wildman–Crippen MR) is 78.9 cm³/mol. The minimum Gasteiger partial charge on any atom is -0.392 e. The van der Waals surface area contributed by atoms with E-state index in [2.05, 4.69) is 13.8 Å². The summed E-state index contributed by atoms with van der Waals surface area (Å²) in [4.78, 5) is 15.1. The van der Waals surface area contributed by atoms with E-state index in [1.165, 1.54) is 0 Å². The number of hydrogen-bond acceptors (Lipinski definition) is 3. The van der Waals surface area contributed by atoms with Gasteiger partial charge in [-0.05, 0) is 31.1 Å². The van der Waals surface area contributed by atoms with Crippen LogP contribution in [-0.2, 0) is 9.53 Å². The third-order valence-corrected chi connectivity index (χ3v) is 5.02. The third kappa shape index (κ3) is 2.92. The summed E-state index contributed by atoms with van der Waals surface area (Å²) in [6.45, 7) is 7.29. The zero-order valence-electron chi connectivity index (χ0n) is 11.9. The zero-order valence-corrected chi connectivity index (χ0v) is 12.7. The normalized spacial score (nSPS) is 25.9. The van der Waals surface area contributed by atoms with Gasteiger partial charge in [-0.1, -0.05) is 26.1 Å². The Bertz CT molecular complexity index is 366. The maximum Gasteiger partial charge on any atom is 0.235 e. The van der Waals surface area contributed by atoms with Crippen molar-refractivity contribution in [1.29, 1.82) is 0 Å². The number of likely N-dealkylation sites (tertiary alicyclic amines) is 1. The number of ether oxygens (including phenoxy) is 1. The first kappa shape index (κ1) is 14.7. The largest absolute Gasteiger partial charge is 0.392 e. The number of rotatable bonds is 2. The molecule has 2 aliphatic heterocycles. The molecule has 2 fully saturated rings. The molecule has 0 aromatic rings. The molecule has 0 aromatic carbocycles. The van der Waals surface area contributed by atoms with E-state index in [0.29, 0.717) is 36.5 Å². The van der Waals surface area contributed by atoms with Gasteiger partial charge >= 0.3 is 0 Å². The standard InChI is InChI=1S/C14H24N2O2S/c1-13(2)3-7-16(8-4-13)12(17)14(11(15)19)5-9-18-10-6-14/h3-10H2,1-2H3,(H2,15,19). The van der Waals surface area contributed by atoms with Crippen LogP contribution in [-0.4, -0.2) is 42.1 Å². The molecule has 4 nitrogen and oxygen atoms in total. The van der Waals surface area contributed by atoms with Crippen molar-refractivity contribution in [2.45, 2.75) is 39.5 Å². The first-order chi connectivity index (χ1) is 8.87. The molecular weight excluding hydrogens is 260 g/mol. The number of nitrogens with zero attached hydrogens (tertiary/aromatic N) is 1. The van der Waals surface area contributed by atoms with Gasteiger partial charge in [0.1, 0.15) is 5.41 Å². The summed E-state index contributed by atoms with van der Waals surface area (Å²) in [5, 5.41) is 0. The average molecular weight is 284 g/mol. The summed E-state index contributed by atoms with van der Waals surface area (Å²) in [5.41, 5.74) is 5.57. The number of thiocarbonyl (C=S) groups is 1. The molecule has 19 heavy (non-hydrogen) atoms. The van der Waals surface area contributed by atoms with Crippen LogP contribution in [0.2, 0.25) is 0 Å². The van der Waals surface area contributed by atoms with Gasteiger partial charge in [-0.25, -0.2) is 0 Å². The van der Waals surface area contributed by atoms with Gasteiger partial charge < -0.3 is 15.4 Å². The Hall–Kier alpha value is -0.680. The molecule has 1 amide bonds. The Kier molecular flexibility index (Phi) is 4.16. The van der Waals surface area contributed by atoms with Gasteiger partial charge in [0.25, 0.3) is 0 Å². The summed E-state index contributed by atoms with van der Waals surface area (Å²) < 4.78 is 5.36. The molecular formula is C14H24N2O2S. The van der Waals surface area contributed by atoms with Gasteiger partial charge in [0, 0.05) is 26.3 Å². The highest BCUT2D eigenvalue weighted by Crippen LogP contribution is 2.36. The van der Waals surface area contributed by atoms with Crippen molar-refractivity contribution in [2.24, 2.45) is 16.6 Å². The van der Waals surface area contributed by atoms with Crippen LogP contribution in [0.3, 0.4) is 0 Å². The number of carbonyl (C=O) groups excluding carboxylic acids is 1. The first-order valence-corrected chi connectivity index (χ1v) is 7.45. The highest BCUT2D eigenvalue weighted by atomic mass is 32.1. The summed E-state index contributed by atoms with van der Waals surface area (Å²) >= 11 is 5.19. The van der Waals surface area contributed by atoms with Gasteiger partial charge in [0.2, 0.25) is 5.91 Å². The molecule has 2 N–H and O–H groups in total. The van der Waals surface area contributed by atoms with Crippen LogP contribution in [0.5, 0.6) is 0 Å². The predicted octanol–water partition coefficient (Wildman–Crippen LogP) is 1.72. The maximum absolute atomic E-state index is 12.8. The second-order valence-electron chi connectivity index (χ2n) is 6.52. The van der Waals surface area contributed by atoms with Crippen LogP contribution in [0.25, 0.3) is 0 Å². The van der Waals surface area contributed by atoms with Crippen LogP contribution in [0, 0.1) is 10.8 Å². The van der Waals surface area contributed by atoms with Gasteiger partial charge in [-0.2, -0.15) is 0 Å². The number of hydrogen-bond donors (Lipinski definition) is 1. The van der Waals surface area contributed by atoms with E-state index >= 15 is 0 Å². The second kappa shape index (κ2) is 5.37. The fourth-order valence-corrected chi connectivity index (χ4v) is 3.19. The molecule has 2 rings (SSSR count). The van der Waals surface area contributed by atoms with E-state index < -0.39 is 5.41 Å². The highest BCUT2D eigenvalue weighted by Gasteiger charge is 2.46. The smallest absolute Gasteiger partial charge is 0.235 e. The van der Waals surface area contributed by atoms with Gasteiger partial charge in [0.15, 0.2) is 0 Å². The fourth-order valence-electron chi connectivity index (χ4n) is 2.90. The van der Waals surface area contributed by atoms with E-state index in [9.17, 15) is 4.79 Å². The van der Waals surface area contributed by atoms with E-state index in [0.717, 1.165) is 25.9 Å². The molecule has 0 radical (unpaired) electrons. The molecule has 2 aliphatic rings. The average Bonchev–Trinajstić information content (AvgIpc) is 2.38. The molecule has 0 aromatic heterocycles. The number of carbonyl (C=O) groups is 1. The lowest BCUT2D eigenvalue weighted by Gasteiger charge is -2.43. The van der Waals surface area contributed by atoms with Crippen LogP contribution in [0.1, 0.15) is 39.5 Å². The summed E-state index contributed by atoms with van der Waals surface area (Å²) in [6, 6.07) is 0. The molecule has 2 saturated heterocycles. The van der Waals surface area contributed by atoms with Crippen molar-refractivity contribution in [2.75, 3.05) is 26.3 Å². The minimum atomic E-state index is -0.658. The lowest BCUT2D eigenvalue weighted by molar-refractivity contribution is -0.144. The zero-order chi connectivity index (χ0) is 14.1. The molecule has 5 heteroatoms. The van der Waals surface area contributed by atoms with Crippen LogP contribution < -0.4 is 5.73 Å². The van der Waals surface area contributed by atoms with Crippen molar-refractivity contribution >= 4 is 23.1 Å². The van der Waals surface area contributed by atoms with Crippen molar-refractivity contribution in [3.05, 3.63) is 0 Å². The Morgan fingerprint density at radius 2 is 1.68 bits per heavy atom. The molecule has 0 saturated carbocycles. The fraction of sp³-hybridized carbons (Fsp3) is 0.857. The molecule has 0 atom stereocenters. The summed E-state index contributed by atoms with van der Waals surface area (Å²) in [7, 11) is 0. The van der Waals surface area contributed by atoms with Crippen molar-refractivity contribution < 1.29 is 9.53 Å². The lowest BCUT2D eigenvalue weighted by Crippen LogP contribution is -2.55. The monoisotopic (exact) mass is 284 g/mol. The Morgan fingerprint density at radius 3 is 2.16 bits per heavy atom. The summed E-state index contributed by atoms with van der Waals surface area (Å²) in [5.74, 6) is 0.124. The maximum atomic E-state index is 12.8. The van der Waals surface area contributed by atoms with Crippen LogP contribution in [0.4, 0.5) is 0 Å². The Morgan fingerprint density at radius 1 is 1.16 bits per heavy atom. The lowest BCUT2D eigenvalue weighted by atomic mass is 9.76. The summed E-state index contributed by atoms with van der Waals surface area (Å²) in [6.07, 6.45) is 3.34. The molecule has 108 valence electrons. The third-order valence-electron chi connectivity index (χ3n) is 4.63. The number of piperidine rings is 1. The quantitative estimate of drug-likeness (QED) is 0.785. The Labute approximate surface area is 120 Å². The van der Waals surface area contributed by atoms with Crippen molar-refractivity contribution in [1.82, 2.24) is 4.90 Å². The molecule has 0 aliphatic carbocycles. The van der Waals surface area contributed by atoms with E-state index in [1.54, 1.807) is 0 Å². The van der Waals surface area contributed by atoms with Crippen molar-refractivity contribution in [3.63, 3.8) is 0 Å². The molecule has 0 bridgehead atoms. The van der Waals surface area contributed by atoms with E-state index in [4.69, 9.17) is 22.7 Å². The molecule has 2 heterocycles. The van der Waals surface area contributed by atoms with Gasteiger partial charge in [0.05, 0.1) is 4.99 Å². The molecule has 0 spiro atoms. The second-order valence-corrected chi connectivity index (χ2v) is 6.95. The molecule has 0 unspecified atom stereocenters. The highest BCUT2D eigenvalue weighted by molar-refractivity contribution is 7.80. The minimum absolute atomic E-state index is 0.124. The number of amides is 1. The number of nitrogens with two attached hydrogens (primary N) is 1. The van der Waals surface area contributed by atoms with Gasteiger partial charge in [-0.3, -0.25) is 4.79 Å². The van der Waals surface area contributed by atoms with Crippen molar-refractivity contribution in [3.8, 4) is 0 Å². The Balaban J connectivity index is 2.10. The first-order valence-electron chi connectivity index (χ1n) is 7.04. The van der Waals surface area contributed by atoms with E-state index in [-0.39, 0.29) is 5.91 Å². The van der Waals surface area contributed by atoms with Crippen LogP contribution >= 0.6 is 12.2 Å². The SMILES string of the molecule is CC1(C)CCN(C(=O)C2(C(N)=S)CCOCC2)CC1. The van der Waals surface area contributed by atoms with Crippen LogP contribution in [0.15, 0.2) is 0 Å².